The second-order valence-electron chi connectivity index (χ2n) is 6.87. The molecule has 6 nitrogen and oxygen atoms in total. The standard InChI is InChI=1S/C24H13BrClI2NO5/c1-32-20-10-12(8-18(28)21(20)33-23(30)14-4-2-3-5-16(14)26)9-19-24(31)34-22(29-19)13-6-7-17(27)15(25)11-13/h2-11H,1H3/b19-9-. The molecule has 34 heavy (non-hydrogen) atoms. The number of methoxy groups -OCH3 is 1. The van der Waals surface area contributed by atoms with Crippen molar-refractivity contribution in [1.29, 1.82) is 0 Å². The van der Waals surface area contributed by atoms with Crippen LogP contribution in [-0.2, 0) is 9.53 Å². The highest BCUT2D eigenvalue weighted by Crippen LogP contribution is 2.36. The van der Waals surface area contributed by atoms with E-state index in [1.54, 1.807) is 42.5 Å². The highest BCUT2D eigenvalue weighted by molar-refractivity contribution is 14.1. The van der Waals surface area contributed by atoms with E-state index in [0.29, 0.717) is 20.4 Å². The van der Waals surface area contributed by atoms with Crippen LogP contribution in [-0.4, -0.2) is 24.9 Å². The van der Waals surface area contributed by atoms with E-state index in [1.165, 1.54) is 7.11 Å². The fourth-order valence-electron chi connectivity index (χ4n) is 3.02. The van der Waals surface area contributed by atoms with Gasteiger partial charge in [0.25, 0.3) is 0 Å². The van der Waals surface area contributed by atoms with Crippen LogP contribution in [0.2, 0.25) is 5.02 Å². The molecule has 0 spiro atoms. The summed E-state index contributed by atoms with van der Waals surface area (Å²) in [7, 11) is 1.46. The number of hydrogen-bond acceptors (Lipinski definition) is 6. The van der Waals surface area contributed by atoms with Gasteiger partial charge in [-0.2, -0.15) is 0 Å². The van der Waals surface area contributed by atoms with Crippen LogP contribution in [0.1, 0.15) is 21.5 Å². The molecule has 0 aromatic heterocycles. The van der Waals surface area contributed by atoms with Gasteiger partial charge in [-0.3, -0.25) is 0 Å². The predicted octanol–water partition coefficient (Wildman–Crippen LogP) is 6.88. The van der Waals surface area contributed by atoms with Crippen LogP contribution < -0.4 is 9.47 Å². The Kier molecular flexibility index (Phi) is 7.95. The third-order valence-electron chi connectivity index (χ3n) is 4.63. The summed E-state index contributed by atoms with van der Waals surface area (Å²) in [5, 5.41) is 0.288. The molecule has 0 N–H and O–H groups in total. The molecule has 3 aromatic rings. The monoisotopic (exact) mass is 763 g/mol. The van der Waals surface area contributed by atoms with Crippen LogP contribution in [0.4, 0.5) is 0 Å². The van der Waals surface area contributed by atoms with E-state index >= 15 is 0 Å². The molecule has 1 aliphatic rings. The number of cyclic esters (lactones) is 1. The topological polar surface area (TPSA) is 74.2 Å². The maximum atomic E-state index is 12.6. The van der Waals surface area contributed by atoms with Gasteiger partial charge >= 0.3 is 11.9 Å². The Balaban J connectivity index is 1.64. The summed E-state index contributed by atoms with van der Waals surface area (Å²) in [6, 6.07) is 15.6. The average molecular weight is 765 g/mol. The summed E-state index contributed by atoms with van der Waals surface area (Å²) >= 11 is 13.8. The Morgan fingerprint density at radius 1 is 1.12 bits per heavy atom. The molecule has 0 saturated heterocycles. The molecule has 0 aliphatic carbocycles. The molecule has 0 fully saturated rings. The van der Waals surface area contributed by atoms with E-state index in [2.05, 4.69) is 43.5 Å². The Morgan fingerprint density at radius 3 is 2.59 bits per heavy atom. The first-order valence-electron chi connectivity index (χ1n) is 9.59. The Bertz CT molecular complexity index is 1390. The zero-order valence-corrected chi connectivity index (χ0v) is 23.9. The second-order valence-corrected chi connectivity index (χ2v) is 10.5. The molecule has 0 amide bonds. The molecule has 1 aliphatic heterocycles. The number of nitrogens with zero attached hydrogens (tertiary/aromatic N) is 1. The van der Waals surface area contributed by atoms with Crippen molar-refractivity contribution in [3.05, 3.63) is 93.6 Å². The molecule has 172 valence electrons. The van der Waals surface area contributed by atoms with Gasteiger partial charge in [0.1, 0.15) is 0 Å². The number of ether oxygens (including phenoxy) is 3. The van der Waals surface area contributed by atoms with E-state index in [9.17, 15) is 9.59 Å². The van der Waals surface area contributed by atoms with E-state index in [4.69, 9.17) is 25.8 Å². The van der Waals surface area contributed by atoms with Crippen LogP contribution >= 0.6 is 72.7 Å². The molecule has 0 bridgehead atoms. The first kappa shape index (κ1) is 25.1. The molecule has 0 radical (unpaired) electrons. The molecule has 0 saturated carbocycles. The van der Waals surface area contributed by atoms with Crippen molar-refractivity contribution in [2.75, 3.05) is 7.11 Å². The summed E-state index contributed by atoms with van der Waals surface area (Å²) in [6.45, 7) is 0. The van der Waals surface area contributed by atoms with Gasteiger partial charge in [0.2, 0.25) is 5.90 Å². The SMILES string of the molecule is COc1cc(/C=C2\N=C(c3ccc(I)c(Br)c3)OC2=O)cc(I)c1OC(=O)c1ccccc1Cl. The number of carbonyl (C=O) groups excluding carboxylic acids is 2. The summed E-state index contributed by atoms with van der Waals surface area (Å²) in [5.41, 5.74) is 1.69. The smallest absolute Gasteiger partial charge is 0.363 e. The number of hydrogen-bond donors (Lipinski definition) is 0. The molecule has 0 atom stereocenters. The fraction of sp³-hybridized carbons (Fsp3) is 0.0417. The van der Waals surface area contributed by atoms with E-state index in [0.717, 1.165) is 8.04 Å². The van der Waals surface area contributed by atoms with Crippen LogP contribution in [0.25, 0.3) is 6.08 Å². The predicted molar refractivity (Wildman–Crippen MR) is 150 cm³/mol. The maximum Gasteiger partial charge on any atom is 0.363 e. The normalized spacial score (nSPS) is 14.1. The van der Waals surface area contributed by atoms with Gasteiger partial charge in [-0.25, -0.2) is 14.6 Å². The lowest BCUT2D eigenvalue weighted by molar-refractivity contribution is -0.129. The van der Waals surface area contributed by atoms with Crippen molar-refractivity contribution in [2.45, 2.75) is 0 Å². The Hall–Kier alpha value is -1.96. The van der Waals surface area contributed by atoms with E-state index in [-0.39, 0.29) is 27.9 Å². The van der Waals surface area contributed by atoms with Crippen molar-refractivity contribution in [2.24, 2.45) is 4.99 Å². The first-order valence-corrected chi connectivity index (χ1v) is 12.9. The summed E-state index contributed by atoms with van der Waals surface area (Å²) in [4.78, 5) is 29.4. The third kappa shape index (κ3) is 5.47. The largest absolute Gasteiger partial charge is 0.493 e. The third-order valence-corrected chi connectivity index (χ3v) is 8.10. The van der Waals surface area contributed by atoms with Gasteiger partial charge in [0.05, 0.1) is 21.3 Å². The molecular formula is C24H13BrClI2NO5. The van der Waals surface area contributed by atoms with Gasteiger partial charge in [0.15, 0.2) is 17.2 Å². The van der Waals surface area contributed by atoms with Crippen molar-refractivity contribution < 1.29 is 23.8 Å². The number of esters is 2. The zero-order valence-electron chi connectivity index (χ0n) is 17.3. The van der Waals surface area contributed by atoms with E-state index < -0.39 is 11.9 Å². The highest BCUT2D eigenvalue weighted by atomic mass is 127. The number of carbonyl (C=O) groups is 2. The average Bonchev–Trinajstić information content (AvgIpc) is 3.17. The number of halogens is 4. The van der Waals surface area contributed by atoms with Gasteiger partial charge < -0.3 is 14.2 Å². The molecular weight excluding hydrogens is 751 g/mol. The molecule has 0 unspecified atom stereocenters. The van der Waals surface area contributed by atoms with Crippen molar-refractivity contribution >= 4 is 96.6 Å². The lowest BCUT2D eigenvalue weighted by Crippen LogP contribution is -2.11. The van der Waals surface area contributed by atoms with Gasteiger partial charge in [-0.15, -0.1) is 0 Å². The minimum atomic E-state index is -0.606. The van der Waals surface area contributed by atoms with Crippen LogP contribution in [0.3, 0.4) is 0 Å². The van der Waals surface area contributed by atoms with Crippen molar-refractivity contribution in [3.8, 4) is 11.5 Å². The molecule has 3 aromatic carbocycles. The number of benzene rings is 3. The number of aliphatic imine (C=N–C) groups is 1. The van der Waals surface area contributed by atoms with Crippen LogP contribution in [0.5, 0.6) is 11.5 Å². The highest BCUT2D eigenvalue weighted by Gasteiger charge is 2.25. The fourth-order valence-corrected chi connectivity index (χ4v) is 4.68. The second kappa shape index (κ2) is 10.8. The lowest BCUT2D eigenvalue weighted by Gasteiger charge is -2.13. The Labute approximate surface area is 235 Å². The van der Waals surface area contributed by atoms with Crippen molar-refractivity contribution in [3.63, 3.8) is 0 Å². The molecule has 10 heteroatoms. The van der Waals surface area contributed by atoms with Crippen LogP contribution in [0.15, 0.2) is 69.8 Å². The van der Waals surface area contributed by atoms with Gasteiger partial charge in [-0.1, -0.05) is 23.7 Å². The lowest BCUT2D eigenvalue weighted by atomic mass is 10.1. The maximum absolute atomic E-state index is 12.6. The Morgan fingerprint density at radius 2 is 1.88 bits per heavy atom. The van der Waals surface area contributed by atoms with Gasteiger partial charge in [0, 0.05) is 13.6 Å². The summed E-state index contributed by atoms with van der Waals surface area (Å²) in [6.07, 6.45) is 1.58. The zero-order chi connectivity index (χ0) is 24.4. The van der Waals surface area contributed by atoms with Crippen LogP contribution in [0, 0.1) is 7.14 Å². The minimum absolute atomic E-state index is 0.142. The molecule has 1 heterocycles. The summed E-state index contributed by atoms with van der Waals surface area (Å²) < 4.78 is 18.9. The number of rotatable bonds is 5. The van der Waals surface area contributed by atoms with E-state index in [1.807, 2.05) is 40.8 Å². The first-order chi connectivity index (χ1) is 16.3. The summed E-state index contributed by atoms with van der Waals surface area (Å²) in [5.74, 6) is -0.383. The van der Waals surface area contributed by atoms with Crippen molar-refractivity contribution in [1.82, 2.24) is 0 Å². The minimum Gasteiger partial charge on any atom is -0.493 e. The quantitative estimate of drug-likeness (QED) is 0.123. The van der Waals surface area contributed by atoms with Gasteiger partial charge in [-0.05, 0) is 115 Å². The molecule has 4 rings (SSSR count).